The smallest absolute Gasteiger partial charge is 0.330 e. The molecular weight excluding hydrogens is 360 g/mol. The van der Waals surface area contributed by atoms with Crippen LogP contribution < -0.4 is 10.0 Å². The van der Waals surface area contributed by atoms with E-state index in [0.29, 0.717) is 0 Å². The molecule has 1 aromatic carbocycles. The zero-order valence-corrected chi connectivity index (χ0v) is 14.4. The lowest BCUT2D eigenvalue weighted by atomic mass is 10.2. The number of hydrogen-bond acceptors (Lipinski definition) is 6. The molecule has 1 amide bonds. The number of sulfonamides is 1. The van der Waals surface area contributed by atoms with Crippen molar-refractivity contribution >= 4 is 33.5 Å². The molecule has 8 nitrogen and oxygen atoms in total. The maximum absolute atomic E-state index is 12.3. The Hall–Kier alpha value is -1.68. The summed E-state index contributed by atoms with van der Waals surface area (Å²) in [5, 5.41) is 11.4. The summed E-state index contributed by atoms with van der Waals surface area (Å²) in [5.74, 6) is -1.55. The van der Waals surface area contributed by atoms with E-state index in [1.54, 1.807) is 0 Å². The predicted octanol–water partition coefficient (Wildman–Crippen LogP) is 0.0444. The number of rotatable bonds is 7. The van der Waals surface area contributed by atoms with Gasteiger partial charge in [-0.3, -0.25) is 4.79 Å². The Morgan fingerprint density at radius 3 is 2.62 bits per heavy atom. The predicted molar refractivity (Wildman–Crippen MR) is 85.2 cm³/mol. The average Bonchev–Trinajstić information content (AvgIpc) is 3.35. The molecule has 24 heavy (non-hydrogen) atoms. The van der Waals surface area contributed by atoms with Gasteiger partial charge in [-0.2, -0.15) is 0 Å². The zero-order chi connectivity index (χ0) is 17.9. The Labute approximate surface area is 144 Å². The van der Waals surface area contributed by atoms with Gasteiger partial charge in [0.15, 0.2) is 6.04 Å². The number of ether oxygens (including phenoxy) is 1. The fourth-order valence-electron chi connectivity index (χ4n) is 1.90. The lowest BCUT2D eigenvalue weighted by Crippen LogP contribution is -2.44. The first-order chi connectivity index (χ1) is 11.3. The minimum atomic E-state index is -3.84. The Balaban J connectivity index is 2.23. The van der Waals surface area contributed by atoms with Crippen molar-refractivity contribution in [3.63, 3.8) is 0 Å². The molecule has 0 unspecified atom stereocenters. The summed E-state index contributed by atoms with van der Waals surface area (Å²) >= 11 is 5.93. The van der Waals surface area contributed by atoms with Crippen LogP contribution in [0, 0.1) is 0 Å². The highest BCUT2D eigenvalue weighted by Gasteiger charge is 2.30. The van der Waals surface area contributed by atoms with E-state index in [1.807, 2.05) is 0 Å². The first-order valence-electron chi connectivity index (χ1n) is 7.10. The van der Waals surface area contributed by atoms with Crippen LogP contribution in [0.15, 0.2) is 23.1 Å². The van der Waals surface area contributed by atoms with E-state index in [9.17, 15) is 18.0 Å². The van der Waals surface area contributed by atoms with Crippen LogP contribution in [-0.4, -0.2) is 51.2 Å². The van der Waals surface area contributed by atoms with Crippen LogP contribution in [0.2, 0.25) is 5.02 Å². The highest BCUT2D eigenvalue weighted by Crippen LogP contribution is 2.26. The van der Waals surface area contributed by atoms with Gasteiger partial charge in [-0.1, -0.05) is 11.6 Å². The first kappa shape index (κ1) is 18.7. The number of halogens is 1. The fraction of sp³-hybridized carbons (Fsp3) is 0.429. The van der Waals surface area contributed by atoms with Crippen LogP contribution in [0.3, 0.4) is 0 Å². The van der Waals surface area contributed by atoms with Crippen LogP contribution >= 0.6 is 11.6 Å². The van der Waals surface area contributed by atoms with Gasteiger partial charge in [-0.05, 0) is 31.0 Å². The van der Waals surface area contributed by atoms with E-state index in [-0.39, 0.29) is 21.5 Å². The number of methoxy groups -OCH3 is 1. The SMILES string of the molecule is COC(=O)[C@H](CO)NC(=O)c1ccc(Cl)c(S(=O)(=O)NC2CC2)c1. The van der Waals surface area contributed by atoms with Crippen LogP contribution in [0.5, 0.6) is 0 Å². The molecule has 132 valence electrons. The van der Waals surface area contributed by atoms with Crippen molar-refractivity contribution in [2.75, 3.05) is 13.7 Å². The van der Waals surface area contributed by atoms with Gasteiger partial charge in [0.1, 0.15) is 4.90 Å². The maximum atomic E-state index is 12.3. The molecule has 0 bridgehead atoms. The molecule has 1 atom stereocenters. The number of nitrogens with one attached hydrogen (secondary N) is 2. The number of benzene rings is 1. The molecule has 1 fully saturated rings. The molecule has 0 spiro atoms. The normalized spacial score (nSPS) is 15.6. The summed E-state index contributed by atoms with van der Waals surface area (Å²) in [7, 11) is -2.72. The molecule has 0 radical (unpaired) electrons. The monoisotopic (exact) mass is 376 g/mol. The third-order valence-electron chi connectivity index (χ3n) is 3.36. The summed E-state index contributed by atoms with van der Waals surface area (Å²) in [5.41, 5.74) is -0.0158. The van der Waals surface area contributed by atoms with Crippen molar-refractivity contribution in [3.05, 3.63) is 28.8 Å². The van der Waals surface area contributed by atoms with Crippen molar-refractivity contribution in [1.82, 2.24) is 10.0 Å². The molecule has 3 N–H and O–H groups in total. The van der Waals surface area contributed by atoms with Gasteiger partial charge in [0, 0.05) is 11.6 Å². The number of aliphatic hydroxyl groups excluding tert-OH is 1. The van der Waals surface area contributed by atoms with Crippen molar-refractivity contribution in [2.45, 2.75) is 29.8 Å². The van der Waals surface area contributed by atoms with E-state index >= 15 is 0 Å². The Kier molecular flexibility index (Phi) is 5.81. The third kappa shape index (κ3) is 4.44. The minimum Gasteiger partial charge on any atom is -0.467 e. The van der Waals surface area contributed by atoms with E-state index in [0.717, 1.165) is 26.0 Å². The topological polar surface area (TPSA) is 122 Å². The second-order valence-electron chi connectivity index (χ2n) is 5.27. The van der Waals surface area contributed by atoms with Crippen molar-refractivity contribution in [3.8, 4) is 0 Å². The summed E-state index contributed by atoms with van der Waals surface area (Å²) in [6.45, 7) is -0.652. The van der Waals surface area contributed by atoms with Gasteiger partial charge in [-0.15, -0.1) is 0 Å². The lowest BCUT2D eigenvalue weighted by molar-refractivity contribution is -0.143. The molecule has 1 aliphatic rings. The quantitative estimate of drug-likeness (QED) is 0.578. The molecule has 0 aliphatic heterocycles. The summed E-state index contributed by atoms with van der Waals surface area (Å²) in [6, 6.07) is 2.36. The number of carbonyl (C=O) groups is 2. The molecule has 2 rings (SSSR count). The van der Waals surface area contributed by atoms with Gasteiger partial charge >= 0.3 is 5.97 Å². The van der Waals surface area contributed by atoms with E-state index in [2.05, 4.69) is 14.8 Å². The van der Waals surface area contributed by atoms with Crippen LogP contribution in [0.4, 0.5) is 0 Å². The molecule has 1 aromatic rings. The molecule has 10 heteroatoms. The minimum absolute atomic E-state index is 0.0158. The first-order valence-corrected chi connectivity index (χ1v) is 8.96. The molecule has 0 heterocycles. The van der Waals surface area contributed by atoms with Crippen LogP contribution in [0.25, 0.3) is 0 Å². The number of hydrogen-bond donors (Lipinski definition) is 3. The van der Waals surface area contributed by atoms with E-state index < -0.39 is 34.5 Å². The van der Waals surface area contributed by atoms with Crippen molar-refractivity contribution in [1.29, 1.82) is 0 Å². The molecule has 1 saturated carbocycles. The number of esters is 1. The second kappa shape index (κ2) is 7.47. The summed E-state index contributed by atoms with van der Waals surface area (Å²) in [4.78, 5) is 23.3. The van der Waals surface area contributed by atoms with Gasteiger partial charge in [-0.25, -0.2) is 17.9 Å². The second-order valence-corrected chi connectivity index (χ2v) is 7.36. The zero-order valence-electron chi connectivity index (χ0n) is 12.8. The summed E-state index contributed by atoms with van der Waals surface area (Å²) < 4.78 is 31.5. The molecule has 0 saturated heterocycles. The highest BCUT2D eigenvalue weighted by atomic mass is 35.5. The van der Waals surface area contributed by atoms with Gasteiger partial charge < -0.3 is 15.2 Å². The molecule has 1 aliphatic carbocycles. The highest BCUT2D eigenvalue weighted by molar-refractivity contribution is 7.89. The Morgan fingerprint density at radius 2 is 2.08 bits per heavy atom. The van der Waals surface area contributed by atoms with Crippen molar-refractivity contribution in [2.24, 2.45) is 0 Å². The number of aliphatic hydroxyl groups is 1. The molecule has 0 aromatic heterocycles. The van der Waals surface area contributed by atoms with Gasteiger partial charge in [0.25, 0.3) is 5.91 Å². The Bertz CT molecular complexity index is 748. The number of carbonyl (C=O) groups excluding carboxylic acids is 2. The molecular formula is C14H17ClN2O6S. The fourth-order valence-corrected chi connectivity index (χ4v) is 3.73. The standard InChI is InChI=1S/C14H17ClN2O6S/c1-23-14(20)11(7-18)16-13(19)8-2-5-10(15)12(6-8)24(21,22)17-9-3-4-9/h2,5-6,9,11,17-18H,3-4,7H2,1H3,(H,16,19)/t11-/m0/s1. The third-order valence-corrected chi connectivity index (χ3v) is 5.36. The maximum Gasteiger partial charge on any atom is 0.330 e. The average molecular weight is 377 g/mol. The van der Waals surface area contributed by atoms with E-state index in [1.165, 1.54) is 12.1 Å². The van der Waals surface area contributed by atoms with Crippen molar-refractivity contribution < 1.29 is 27.9 Å². The lowest BCUT2D eigenvalue weighted by Gasteiger charge is -2.14. The summed E-state index contributed by atoms with van der Waals surface area (Å²) in [6.07, 6.45) is 1.52. The van der Waals surface area contributed by atoms with E-state index in [4.69, 9.17) is 16.7 Å². The number of amides is 1. The van der Waals surface area contributed by atoms with Gasteiger partial charge in [0.2, 0.25) is 10.0 Å². The van der Waals surface area contributed by atoms with Gasteiger partial charge in [0.05, 0.1) is 18.7 Å². The van der Waals surface area contributed by atoms with Crippen LogP contribution in [-0.2, 0) is 19.6 Å². The van der Waals surface area contributed by atoms with Crippen LogP contribution in [0.1, 0.15) is 23.2 Å². The Morgan fingerprint density at radius 1 is 1.42 bits per heavy atom. The largest absolute Gasteiger partial charge is 0.467 e.